The molecule has 0 aliphatic heterocycles. The van der Waals surface area contributed by atoms with E-state index in [9.17, 15) is 34.2 Å². The molecule has 0 radical (unpaired) electrons. The van der Waals surface area contributed by atoms with Crippen molar-refractivity contribution in [1.82, 2.24) is 25.5 Å². The Morgan fingerprint density at radius 2 is 1.60 bits per heavy atom. The predicted molar refractivity (Wildman–Crippen MR) is 170 cm³/mol. The van der Waals surface area contributed by atoms with Crippen LogP contribution in [0.1, 0.15) is 56.6 Å². The Hall–Kier alpha value is -3.91. The largest absolute Gasteiger partial charge is 0.481 e. The van der Waals surface area contributed by atoms with Crippen LogP contribution in [0.25, 0.3) is 0 Å². The number of imidazole rings is 1. The lowest BCUT2D eigenvalue weighted by atomic mass is 9.98. The minimum Gasteiger partial charge on any atom is -0.481 e. The van der Waals surface area contributed by atoms with Gasteiger partial charge in [0.15, 0.2) is 0 Å². The summed E-state index contributed by atoms with van der Waals surface area (Å²) in [6, 6.07) is 6.39. The van der Waals surface area contributed by atoms with Gasteiger partial charge in [-0.15, -0.1) is 0 Å². The molecule has 0 bridgehead atoms. The molecule has 0 spiro atoms. The smallest absolute Gasteiger partial charge is 0.326 e. The Balaban J connectivity index is 2.10. The molecule has 14 heteroatoms. The van der Waals surface area contributed by atoms with Crippen molar-refractivity contribution in [3.8, 4) is 0 Å². The van der Waals surface area contributed by atoms with Gasteiger partial charge in [0.25, 0.3) is 0 Å². The third kappa shape index (κ3) is 12.5. The van der Waals surface area contributed by atoms with Crippen molar-refractivity contribution in [2.45, 2.75) is 77.0 Å². The first-order valence-corrected chi connectivity index (χ1v) is 16.3. The molecule has 2 aromatic rings. The minimum atomic E-state index is -1.15. The molecule has 0 aliphatic carbocycles. The van der Waals surface area contributed by atoms with Gasteiger partial charge < -0.3 is 30.5 Å². The van der Waals surface area contributed by atoms with Gasteiger partial charge in [-0.05, 0) is 42.8 Å². The third-order valence-corrected chi connectivity index (χ3v) is 8.14. The van der Waals surface area contributed by atoms with E-state index in [0.29, 0.717) is 24.4 Å². The Bertz CT molecular complexity index is 1290. The molecule has 248 valence electrons. The zero-order valence-electron chi connectivity index (χ0n) is 26.2. The summed E-state index contributed by atoms with van der Waals surface area (Å²) in [6.07, 6.45) is 4.62. The van der Waals surface area contributed by atoms with Gasteiger partial charge in [-0.3, -0.25) is 24.5 Å². The Labute approximate surface area is 267 Å². The number of thioether (sulfide) groups is 1. The average Bonchev–Trinajstić information content (AvgIpc) is 3.32. The van der Waals surface area contributed by atoms with E-state index in [2.05, 4.69) is 20.9 Å². The number of amides is 2. The van der Waals surface area contributed by atoms with Gasteiger partial charge in [0, 0.05) is 32.6 Å². The van der Waals surface area contributed by atoms with Crippen LogP contribution in [0, 0.1) is 11.8 Å². The van der Waals surface area contributed by atoms with Gasteiger partial charge in [0.2, 0.25) is 11.8 Å². The van der Waals surface area contributed by atoms with E-state index >= 15 is 0 Å². The van der Waals surface area contributed by atoms with Crippen LogP contribution in [0.5, 0.6) is 0 Å². The normalized spacial score (nSPS) is 13.9. The maximum atomic E-state index is 13.5. The third-order valence-electron chi connectivity index (χ3n) is 7.50. The second-order valence-corrected chi connectivity index (χ2v) is 12.3. The number of aliphatic carboxylic acids is 3. The molecule has 0 fully saturated rings. The van der Waals surface area contributed by atoms with E-state index in [0.717, 1.165) is 11.3 Å². The molecule has 1 heterocycles. The van der Waals surface area contributed by atoms with Crippen molar-refractivity contribution in [2.24, 2.45) is 18.9 Å². The summed E-state index contributed by atoms with van der Waals surface area (Å²) in [4.78, 5) is 65.3. The molecule has 0 unspecified atom stereocenters. The Morgan fingerprint density at radius 3 is 2.18 bits per heavy atom. The maximum Gasteiger partial charge on any atom is 0.326 e. The van der Waals surface area contributed by atoms with E-state index in [-0.39, 0.29) is 31.7 Å². The van der Waals surface area contributed by atoms with Crippen molar-refractivity contribution in [3.05, 3.63) is 53.6 Å². The van der Waals surface area contributed by atoms with Crippen molar-refractivity contribution < 1.29 is 39.3 Å². The van der Waals surface area contributed by atoms with Gasteiger partial charge in [-0.1, -0.05) is 44.2 Å². The molecule has 2 amide bonds. The molecule has 13 nitrogen and oxygen atoms in total. The van der Waals surface area contributed by atoms with Crippen LogP contribution < -0.4 is 16.0 Å². The number of rotatable bonds is 21. The molecule has 6 N–H and O–H groups in total. The van der Waals surface area contributed by atoms with Crippen molar-refractivity contribution in [2.75, 3.05) is 12.0 Å². The van der Waals surface area contributed by atoms with Crippen molar-refractivity contribution in [3.63, 3.8) is 0 Å². The first-order valence-electron chi connectivity index (χ1n) is 14.9. The zero-order valence-corrected chi connectivity index (χ0v) is 27.0. The molecule has 45 heavy (non-hydrogen) atoms. The Kier molecular flexibility index (Phi) is 15.6. The lowest BCUT2D eigenvalue weighted by Gasteiger charge is -2.26. The quantitative estimate of drug-likeness (QED) is 0.116. The molecule has 0 saturated heterocycles. The van der Waals surface area contributed by atoms with E-state index in [1.807, 2.05) is 62.0 Å². The standard InChI is InChI=1S/C31H45N5O8S/c1-19(2)27(33-18-22-17-32-25(36(22)3)12-8-11-21(30(41)42)16-26(37)38)29(40)35-24(15-20-9-6-5-7-10-20)28(39)34-23(31(43)44)13-14-45-4/h5-7,9-10,17,19,21,23-24,27,33H,8,11-16,18H2,1-4H3,(H,34,39)(H,35,40)(H,37,38)(H,41,42)(H,43,44)/t21-,23+,24+,27+/m1/s1. The number of hydrogen-bond donors (Lipinski definition) is 6. The molecule has 2 rings (SSSR count). The highest BCUT2D eigenvalue weighted by Gasteiger charge is 2.30. The average molecular weight is 648 g/mol. The Morgan fingerprint density at radius 1 is 0.933 bits per heavy atom. The maximum absolute atomic E-state index is 13.5. The number of nitrogens with one attached hydrogen (secondary N) is 3. The highest BCUT2D eigenvalue weighted by Crippen LogP contribution is 2.16. The number of benzene rings is 1. The number of carboxylic acid groups (broad SMARTS) is 3. The van der Waals surface area contributed by atoms with Gasteiger partial charge >= 0.3 is 17.9 Å². The number of hydrogen-bond acceptors (Lipinski definition) is 8. The number of nitrogens with zero attached hydrogens (tertiary/aromatic N) is 2. The number of carbonyl (C=O) groups excluding carboxylic acids is 2. The molecule has 1 aromatic heterocycles. The van der Waals surface area contributed by atoms with E-state index in [1.54, 1.807) is 6.20 Å². The highest BCUT2D eigenvalue weighted by atomic mass is 32.2. The van der Waals surface area contributed by atoms with Gasteiger partial charge in [-0.2, -0.15) is 11.8 Å². The van der Waals surface area contributed by atoms with Gasteiger partial charge in [0.05, 0.1) is 24.1 Å². The highest BCUT2D eigenvalue weighted by molar-refractivity contribution is 7.98. The molecule has 1 aromatic carbocycles. The first-order chi connectivity index (χ1) is 21.3. The summed E-state index contributed by atoms with van der Waals surface area (Å²) >= 11 is 1.48. The summed E-state index contributed by atoms with van der Waals surface area (Å²) in [5.74, 6) is -4.28. The molecule has 4 atom stereocenters. The number of aryl methyl sites for hydroxylation is 1. The summed E-state index contributed by atoms with van der Waals surface area (Å²) in [5, 5.41) is 36.5. The minimum absolute atomic E-state index is 0.159. The van der Waals surface area contributed by atoms with Crippen LogP contribution in [0.15, 0.2) is 36.5 Å². The summed E-state index contributed by atoms with van der Waals surface area (Å²) in [6.45, 7) is 4.02. The predicted octanol–water partition coefficient (Wildman–Crippen LogP) is 2.08. The monoisotopic (exact) mass is 647 g/mol. The number of aromatic nitrogens is 2. The summed E-state index contributed by atoms with van der Waals surface area (Å²) in [5.41, 5.74) is 1.59. The molecule has 0 saturated carbocycles. The first kappa shape index (κ1) is 37.3. The van der Waals surface area contributed by atoms with Crippen LogP contribution in [-0.4, -0.2) is 84.7 Å². The van der Waals surface area contributed by atoms with E-state index in [1.165, 1.54) is 11.8 Å². The SMILES string of the molecule is CSCC[C@H](NC(=O)[C@H](Cc1ccccc1)NC(=O)[C@@H](NCc1cnc(CCC[C@H](CC(=O)O)C(=O)O)n1C)C(C)C)C(=O)O. The van der Waals surface area contributed by atoms with Crippen molar-refractivity contribution >= 4 is 41.5 Å². The van der Waals surface area contributed by atoms with Crippen molar-refractivity contribution in [1.29, 1.82) is 0 Å². The molecule has 0 aliphatic rings. The van der Waals surface area contributed by atoms with E-state index < -0.39 is 60.2 Å². The van der Waals surface area contributed by atoms with Gasteiger partial charge in [0.1, 0.15) is 17.9 Å². The molecular weight excluding hydrogens is 602 g/mol. The summed E-state index contributed by atoms with van der Waals surface area (Å²) in [7, 11) is 1.81. The fourth-order valence-electron chi connectivity index (χ4n) is 4.85. The fourth-order valence-corrected chi connectivity index (χ4v) is 5.32. The van der Waals surface area contributed by atoms with Crippen LogP contribution in [0.4, 0.5) is 0 Å². The number of carboxylic acids is 3. The van der Waals surface area contributed by atoms with Crippen LogP contribution >= 0.6 is 11.8 Å². The lowest BCUT2D eigenvalue weighted by Crippen LogP contribution is -2.56. The topological polar surface area (TPSA) is 200 Å². The van der Waals surface area contributed by atoms with Crippen LogP contribution in [-0.2, 0) is 50.4 Å². The van der Waals surface area contributed by atoms with Gasteiger partial charge in [-0.25, -0.2) is 9.78 Å². The second kappa shape index (κ2) is 18.8. The lowest BCUT2D eigenvalue weighted by molar-refractivity contribution is -0.148. The number of carbonyl (C=O) groups is 5. The van der Waals surface area contributed by atoms with E-state index in [4.69, 9.17) is 5.11 Å². The fraction of sp³-hybridized carbons (Fsp3) is 0.548. The molecular formula is C31H45N5O8S. The van der Waals surface area contributed by atoms with Crippen LogP contribution in [0.3, 0.4) is 0 Å². The van der Waals surface area contributed by atoms with Crippen LogP contribution in [0.2, 0.25) is 0 Å². The second-order valence-electron chi connectivity index (χ2n) is 11.3. The zero-order chi connectivity index (χ0) is 33.5. The summed E-state index contributed by atoms with van der Waals surface area (Å²) < 4.78 is 1.85.